The van der Waals surface area contributed by atoms with Crippen LogP contribution in [0, 0.1) is 5.41 Å². The minimum absolute atomic E-state index is 0.507. The van der Waals surface area contributed by atoms with E-state index in [-0.39, 0.29) is 0 Å². The van der Waals surface area contributed by atoms with E-state index in [0.29, 0.717) is 11.5 Å². The van der Waals surface area contributed by atoms with Crippen LogP contribution in [0.15, 0.2) is 0 Å². The van der Waals surface area contributed by atoms with Crippen LogP contribution in [-0.4, -0.2) is 37.2 Å². The topological polar surface area (TPSA) is 12.5 Å². The van der Waals surface area contributed by atoms with Crippen molar-refractivity contribution in [3.63, 3.8) is 0 Å². The molecule has 0 amide bonds. The highest BCUT2D eigenvalue weighted by atomic mass is 16.5. The first-order chi connectivity index (χ1) is 6.74. The molecule has 2 aliphatic heterocycles. The second kappa shape index (κ2) is 4.19. The molecule has 0 bridgehead atoms. The summed E-state index contributed by atoms with van der Waals surface area (Å²) in [5.41, 5.74) is 0.559. The Morgan fingerprint density at radius 1 is 1.36 bits per heavy atom. The van der Waals surface area contributed by atoms with Gasteiger partial charge in [-0.1, -0.05) is 6.92 Å². The minimum Gasteiger partial charge on any atom is -0.378 e. The predicted octanol–water partition coefficient (Wildman–Crippen LogP) is 2.29. The molecule has 0 aromatic heterocycles. The molecule has 1 atom stereocenters. The molecule has 2 nitrogen and oxygen atoms in total. The second-order valence-electron chi connectivity index (χ2n) is 5.17. The first-order valence-corrected chi connectivity index (χ1v) is 6.08. The van der Waals surface area contributed by atoms with Crippen LogP contribution in [0.5, 0.6) is 0 Å². The smallest absolute Gasteiger partial charge is 0.0553 e. The Hall–Kier alpha value is -0.0800. The van der Waals surface area contributed by atoms with Crippen molar-refractivity contribution < 1.29 is 4.74 Å². The monoisotopic (exact) mass is 197 g/mol. The van der Waals surface area contributed by atoms with Crippen molar-refractivity contribution in [1.82, 2.24) is 4.90 Å². The van der Waals surface area contributed by atoms with Gasteiger partial charge in [0.2, 0.25) is 0 Å². The maximum atomic E-state index is 5.72. The predicted molar refractivity (Wildman–Crippen MR) is 58.4 cm³/mol. The summed E-state index contributed by atoms with van der Waals surface area (Å²) < 4.78 is 5.72. The van der Waals surface area contributed by atoms with Gasteiger partial charge in [-0.25, -0.2) is 0 Å². The third-order valence-corrected chi connectivity index (χ3v) is 3.85. The molecule has 2 heteroatoms. The van der Waals surface area contributed by atoms with Crippen molar-refractivity contribution in [2.75, 3.05) is 26.2 Å². The van der Waals surface area contributed by atoms with Gasteiger partial charge in [-0.05, 0) is 57.7 Å². The standard InChI is InChI=1S/C12H23NO/c1-3-6-13-7-4-12(5-8-13)9-11(2)14-10-12/h11H,3-10H2,1-2H3. The van der Waals surface area contributed by atoms with E-state index in [1.165, 1.54) is 45.3 Å². The quantitative estimate of drug-likeness (QED) is 0.673. The summed E-state index contributed by atoms with van der Waals surface area (Å²) in [6.07, 6.45) is 5.81. The summed E-state index contributed by atoms with van der Waals surface area (Å²) in [6.45, 7) is 9.38. The van der Waals surface area contributed by atoms with E-state index >= 15 is 0 Å². The Bertz CT molecular complexity index is 185. The average Bonchev–Trinajstić information content (AvgIpc) is 2.53. The molecular weight excluding hydrogens is 174 g/mol. The fourth-order valence-electron chi connectivity index (χ4n) is 2.96. The molecule has 82 valence electrons. The Labute approximate surface area is 87.6 Å². The fourth-order valence-corrected chi connectivity index (χ4v) is 2.96. The van der Waals surface area contributed by atoms with E-state index in [9.17, 15) is 0 Å². The van der Waals surface area contributed by atoms with Gasteiger partial charge in [0.15, 0.2) is 0 Å². The Kier molecular flexibility index (Phi) is 3.13. The van der Waals surface area contributed by atoms with Gasteiger partial charge in [-0.2, -0.15) is 0 Å². The zero-order valence-electron chi connectivity index (χ0n) is 9.59. The fraction of sp³-hybridized carbons (Fsp3) is 1.00. The Morgan fingerprint density at radius 2 is 2.07 bits per heavy atom. The van der Waals surface area contributed by atoms with Crippen LogP contribution in [0.1, 0.15) is 39.5 Å². The van der Waals surface area contributed by atoms with Crippen LogP contribution in [0.2, 0.25) is 0 Å². The summed E-state index contributed by atoms with van der Waals surface area (Å²) in [5.74, 6) is 0. The SMILES string of the molecule is CCCN1CCC2(CC1)COC(C)C2. The van der Waals surface area contributed by atoms with Crippen LogP contribution < -0.4 is 0 Å². The summed E-state index contributed by atoms with van der Waals surface area (Å²) in [7, 11) is 0. The lowest BCUT2D eigenvalue weighted by molar-refractivity contribution is 0.0691. The van der Waals surface area contributed by atoms with Crippen molar-refractivity contribution in [3.05, 3.63) is 0 Å². The van der Waals surface area contributed by atoms with Gasteiger partial charge in [0.05, 0.1) is 12.7 Å². The maximum absolute atomic E-state index is 5.72. The number of hydrogen-bond donors (Lipinski definition) is 0. The van der Waals surface area contributed by atoms with Crippen LogP contribution in [-0.2, 0) is 4.74 Å². The molecular formula is C12H23NO. The molecule has 0 N–H and O–H groups in total. The molecule has 2 rings (SSSR count). The van der Waals surface area contributed by atoms with Gasteiger partial charge in [-0.3, -0.25) is 0 Å². The van der Waals surface area contributed by atoms with Gasteiger partial charge in [0, 0.05) is 0 Å². The van der Waals surface area contributed by atoms with Crippen molar-refractivity contribution in [3.8, 4) is 0 Å². The molecule has 2 saturated heterocycles. The molecule has 14 heavy (non-hydrogen) atoms. The molecule has 0 aliphatic carbocycles. The van der Waals surface area contributed by atoms with E-state index in [1.807, 2.05) is 0 Å². The molecule has 1 spiro atoms. The second-order valence-corrected chi connectivity index (χ2v) is 5.17. The highest BCUT2D eigenvalue weighted by Gasteiger charge is 2.40. The van der Waals surface area contributed by atoms with E-state index < -0.39 is 0 Å². The summed E-state index contributed by atoms with van der Waals surface area (Å²) >= 11 is 0. The van der Waals surface area contributed by atoms with E-state index in [2.05, 4.69) is 18.7 Å². The van der Waals surface area contributed by atoms with Gasteiger partial charge in [0.1, 0.15) is 0 Å². The van der Waals surface area contributed by atoms with Crippen molar-refractivity contribution in [2.45, 2.75) is 45.6 Å². The molecule has 1 unspecified atom stereocenters. The molecule has 0 radical (unpaired) electrons. The van der Waals surface area contributed by atoms with Gasteiger partial charge in [-0.15, -0.1) is 0 Å². The number of nitrogens with zero attached hydrogens (tertiary/aromatic N) is 1. The third-order valence-electron chi connectivity index (χ3n) is 3.85. The number of ether oxygens (including phenoxy) is 1. The van der Waals surface area contributed by atoms with Crippen molar-refractivity contribution in [1.29, 1.82) is 0 Å². The van der Waals surface area contributed by atoms with Crippen LogP contribution in [0.3, 0.4) is 0 Å². The van der Waals surface area contributed by atoms with Crippen molar-refractivity contribution >= 4 is 0 Å². The molecule has 0 saturated carbocycles. The summed E-state index contributed by atoms with van der Waals surface area (Å²) in [6, 6.07) is 0. The van der Waals surface area contributed by atoms with Crippen LogP contribution in [0.25, 0.3) is 0 Å². The number of piperidine rings is 1. The zero-order valence-corrected chi connectivity index (χ0v) is 9.59. The van der Waals surface area contributed by atoms with E-state index in [4.69, 9.17) is 4.74 Å². The molecule has 0 aromatic rings. The lowest BCUT2D eigenvalue weighted by atomic mass is 9.77. The van der Waals surface area contributed by atoms with Gasteiger partial charge in [0.25, 0.3) is 0 Å². The van der Waals surface area contributed by atoms with E-state index in [1.54, 1.807) is 0 Å². The maximum Gasteiger partial charge on any atom is 0.0553 e. The Morgan fingerprint density at radius 3 is 2.57 bits per heavy atom. The highest BCUT2D eigenvalue weighted by Crippen LogP contribution is 2.41. The molecule has 2 heterocycles. The van der Waals surface area contributed by atoms with Gasteiger partial charge < -0.3 is 9.64 Å². The summed E-state index contributed by atoms with van der Waals surface area (Å²) in [4.78, 5) is 2.61. The lowest BCUT2D eigenvalue weighted by Crippen LogP contribution is -2.40. The van der Waals surface area contributed by atoms with Crippen molar-refractivity contribution in [2.24, 2.45) is 5.41 Å². The Balaban J connectivity index is 1.83. The molecule has 2 aliphatic rings. The summed E-state index contributed by atoms with van der Waals surface area (Å²) in [5, 5.41) is 0. The molecule has 0 aromatic carbocycles. The number of rotatable bonds is 2. The van der Waals surface area contributed by atoms with Crippen LogP contribution >= 0.6 is 0 Å². The number of likely N-dealkylation sites (tertiary alicyclic amines) is 1. The largest absolute Gasteiger partial charge is 0.378 e. The van der Waals surface area contributed by atoms with E-state index in [0.717, 1.165) is 6.61 Å². The normalized spacial score (nSPS) is 32.6. The van der Waals surface area contributed by atoms with Crippen LogP contribution in [0.4, 0.5) is 0 Å². The van der Waals surface area contributed by atoms with Gasteiger partial charge >= 0.3 is 0 Å². The minimum atomic E-state index is 0.507. The first-order valence-electron chi connectivity index (χ1n) is 6.08. The first kappa shape index (κ1) is 10.4. The zero-order chi connectivity index (χ0) is 10.0. The molecule has 2 fully saturated rings. The average molecular weight is 197 g/mol. The third kappa shape index (κ3) is 2.12. The number of hydrogen-bond acceptors (Lipinski definition) is 2. The lowest BCUT2D eigenvalue weighted by Gasteiger charge is -2.38. The highest BCUT2D eigenvalue weighted by molar-refractivity contribution is 4.91.